The van der Waals surface area contributed by atoms with Crippen molar-refractivity contribution in [3.8, 4) is 11.3 Å². The fourth-order valence-electron chi connectivity index (χ4n) is 2.68. The Kier molecular flexibility index (Phi) is 6.48. The molecule has 1 aliphatic rings. The topological polar surface area (TPSA) is 68.7 Å². The van der Waals surface area contributed by atoms with Gasteiger partial charge >= 0.3 is 10.2 Å². The molecule has 0 bridgehead atoms. The molecule has 0 fully saturated rings. The van der Waals surface area contributed by atoms with Crippen molar-refractivity contribution in [3.05, 3.63) is 73.6 Å². The van der Waals surface area contributed by atoms with Gasteiger partial charge in [-0.1, -0.05) is 46.7 Å². The Morgan fingerprint density at radius 2 is 1.96 bits per heavy atom. The van der Waals surface area contributed by atoms with E-state index < -0.39 is 5.23 Å². The molecular formula is C18H12Cl3N2O3S2+. The predicted molar refractivity (Wildman–Crippen MR) is 114 cm³/mol. The van der Waals surface area contributed by atoms with Crippen LogP contribution in [-0.4, -0.2) is 11.1 Å². The van der Waals surface area contributed by atoms with Crippen LogP contribution in [0.4, 0.5) is 5.69 Å². The molecule has 2 heterocycles. The maximum absolute atomic E-state index is 12.9. The van der Waals surface area contributed by atoms with Gasteiger partial charge in [0.1, 0.15) is 4.91 Å². The largest absolute Gasteiger partial charge is 0.595 e. The lowest BCUT2D eigenvalue weighted by Gasteiger charge is -2.11. The molecule has 0 aliphatic carbocycles. The fourth-order valence-corrected chi connectivity index (χ4v) is 5.31. The van der Waals surface area contributed by atoms with E-state index in [0.717, 1.165) is 4.34 Å². The molecule has 3 aromatic rings. The van der Waals surface area contributed by atoms with Crippen molar-refractivity contribution in [2.75, 3.05) is 0 Å². The Balaban J connectivity index is 0.00000225. The molecule has 1 aromatic heterocycles. The molecular weight excluding hydrogens is 463 g/mol. The van der Waals surface area contributed by atoms with Gasteiger partial charge in [-0.05, 0) is 29.8 Å². The van der Waals surface area contributed by atoms with Crippen molar-refractivity contribution >= 4 is 76.4 Å². The monoisotopic (exact) mass is 473 g/mol. The number of thiazole rings is 1. The van der Waals surface area contributed by atoms with E-state index in [0.29, 0.717) is 31.8 Å². The Labute approximate surface area is 184 Å². The molecule has 5 nitrogen and oxygen atoms in total. The number of allylic oxidation sites excluding steroid dienone is 1. The van der Waals surface area contributed by atoms with Crippen LogP contribution in [0, 0.1) is 5.21 Å². The quantitative estimate of drug-likeness (QED) is 0.330. The van der Waals surface area contributed by atoms with Crippen molar-refractivity contribution in [1.82, 2.24) is 0 Å². The first-order valence-corrected chi connectivity index (χ1v) is 10.2. The highest BCUT2D eigenvalue weighted by Crippen LogP contribution is 2.39. The predicted octanol–water partition coefficient (Wildman–Crippen LogP) is 4.62. The zero-order valence-electron chi connectivity index (χ0n) is 13.9. The number of hydrogen-bond acceptors (Lipinski definition) is 5. The van der Waals surface area contributed by atoms with Crippen LogP contribution in [0.1, 0.15) is 10.4 Å². The number of carbonyl (C=O) groups is 1. The summed E-state index contributed by atoms with van der Waals surface area (Å²) in [5.41, 5.74) is 2.23. The molecule has 2 aromatic carbocycles. The maximum Gasteiger partial charge on any atom is 0.433 e. The maximum atomic E-state index is 12.9. The smallest absolute Gasteiger partial charge is 0.433 e. The van der Waals surface area contributed by atoms with Crippen molar-refractivity contribution in [3.63, 3.8) is 0 Å². The minimum Gasteiger partial charge on any atom is -0.595 e. The van der Waals surface area contributed by atoms with Crippen LogP contribution in [0.5, 0.6) is 0 Å². The van der Waals surface area contributed by atoms with Crippen molar-refractivity contribution in [2.45, 2.75) is 4.34 Å². The van der Waals surface area contributed by atoms with Gasteiger partial charge in [0.15, 0.2) is 5.69 Å². The van der Waals surface area contributed by atoms with E-state index in [-0.39, 0.29) is 24.0 Å². The summed E-state index contributed by atoms with van der Waals surface area (Å²) in [6.45, 7) is 0. The summed E-state index contributed by atoms with van der Waals surface area (Å²) in [5, 5.41) is 22.3. The van der Waals surface area contributed by atoms with Crippen LogP contribution >= 0.6 is 58.7 Å². The van der Waals surface area contributed by atoms with E-state index in [9.17, 15) is 15.2 Å². The third-order valence-corrected chi connectivity index (χ3v) is 6.66. The summed E-state index contributed by atoms with van der Waals surface area (Å²) in [4.78, 5) is 13.5. The molecule has 0 radical (unpaired) electrons. The molecule has 0 saturated carbocycles. The second-order valence-electron chi connectivity index (χ2n) is 5.69. The second-order valence-corrected chi connectivity index (χ2v) is 8.68. The van der Waals surface area contributed by atoms with Gasteiger partial charge < -0.3 is 5.21 Å². The van der Waals surface area contributed by atoms with E-state index in [4.69, 9.17) is 23.2 Å². The van der Waals surface area contributed by atoms with Crippen LogP contribution in [-0.2, 0) is 0 Å². The third kappa shape index (κ3) is 3.98. The second kappa shape index (κ2) is 8.52. The molecule has 0 spiro atoms. The zero-order valence-corrected chi connectivity index (χ0v) is 17.8. The summed E-state index contributed by atoms with van der Waals surface area (Å²) in [7, 11) is 0. The minimum atomic E-state index is -1.01. The normalized spacial score (nSPS) is 15.4. The average Bonchev–Trinajstić information content (AvgIpc) is 3.18. The number of fused-ring (bicyclic) bond motifs is 1. The van der Waals surface area contributed by atoms with E-state index in [1.165, 1.54) is 29.2 Å². The van der Waals surface area contributed by atoms with Gasteiger partial charge in [0.25, 0.3) is 0 Å². The number of thioether (sulfide) groups is 1. The third-order valence-electron chi connectivity index (χ3n) is 3.96. The molecule has 4 rings (SSSR count). The summed E-state index contributed by atoms with van der Waals surface area (Å²) in [5.74, 6) is -0.169. The number of nitrogens with zero attached hydrogens (tertiary/aromatic N) is 1. The Hall–Kier alpha value is -1.42. The Morgan fingerprint density at radius 1 is 1.18 bits per heavy atom. The molecule has 1 aliphatic heterocycles. The van der Waals surface area contributed by atoms with Gasteiger partial charge in [-0.25, -0.2) is 10.0 Å². The highest BCUT2D eigenvalue weighted by Gasteiger charge is 2.41. The van der Waals surface area contributed by atoms with E-state index in [2.05, 4.69) is 0 Å². The number of benzene rings is 2. The lowest BCUT2D eigenvalue weighted by molar-refractivity contribution is -0.991. The minimum absolute atomic E-state index is 0. The highest BCUT2D eigenvalue weighted by atomic mass is 35.5. The number of nitrogens with one attached hydrogen (secondary N) is 1. The van der Waals surface area contributed by atoms with E-state index in [1.807, 2.05) is 5.38 Å². The summed E-state index contributed by atoms with van der Waals surface area (Å²) >= 11 is 14.9. The van der Waals surface area contributed by atoms with E-state index in [1.54, 1.807) is 47.0 Å². The van der Waals surface area contributed by atoms with Gasteiger partial charge in [0.2, 0.25) is 5.69 Å². The van der Waals surface area contributed by atoms with E-state index >= 15 is 0 Å². The van der Waals surface area contributed by atoms with Gasteiger partial charge in [0.05, 0.1) is 10.9 Å². The molecule has 0 saturated heterocycles. The molecule has 144 valence electrons. The average molecular weight is 475 g/mol. The van der Waals surface area contributed by atoms with Crippen molar-refractivity contribution in [2.24, 2.45) is 0 Å². The Bertz CT molecular complexity index is 1100. The van der Waals surface area contributed by atoms with Gasteiger partial charge in [-0.15, -0.1) is 17.0 Å². The zero-order chi connectivity index (χ0) is 19.1. The standard InChI is InChI=1S/C18H11Cl2N2O3S2.ClH/c19-12-5-4-10(14(20)8-12)7-16-17(23)21-15(9-26-18(21)27-16)11-2-1-3-13(6-11)22(24)25;/h1-9,22,24H;1H/q+1;/b16-7-;. The number of rotatable bonds is 3. The number of halogens is 3. The molecule has 10 heteroatoms. The molecule has 0 amide bonds. The SMILES string of the molecule is Cl.O=C1/C(=C/c2ccc(Cl)cc2Cl)Sc2scc(-c3cccc([NH+]([O-])O)c3)[n+]21. The highest BCUT2D eigenvalue weighted by molar-refractivity contribution is 8.05. The first kappa shape index (κ1) is 21.3. The van der Waals surface area contributed by atoms with Crippen LogP contribution < -0.4 is 9.79 Å². The summed E-state index contributed by atoms with van der Waals surface area (Å²) in [6, 6.07) is 11.7. The number of hydrogen-bond donors (Lipinski definition) is 2. The van der Waals surface area contributed by atoms with Crippen molar-refractivity contribution < 1.29 is 19.8 Å². The Morgan fingerprint density at radius 3 is 2.68 bits per heavy atom. The number of carbonyl (C=O) groups excluding carboxylic acids is 1. The van der Waals surface area contributed by atoms with Crippen LogP contribution in [0.3, 0.4) is 0 Å². The van der Waals surface area contributed by atoms with Crippen LogP contribution in [0.25, 0.3) is 17.3 Å². The number of quaternary nitrogens is 1. The summed E-state index contributed by atoms with van der Waals surface area (Å²) in [6.07, 6.45) is 1.74. The molecule has 1 atom stereocenters. The molecule has 28 heavy (non-hydrogen) atoms. The molecule has 1 unspecified atom stereocenters. The van der Waals surface area contributed by atoms with Crippen LogP contribution in [0.15, 0.2) is 57.1 Å². The van der Waals surface area contributed by atoms with Gasteiger partial charge in [-0.3, -0.25) is 0 Å². The van der Waals surface area contributed by atoms with Gasteiger partial charge in [0, 0.05) is 33.9 Å². The lowest BCUT2D eigenvalue weighted by Crippen LogP contribution is -2.99. The summed E-state index contributed by atoms with van der Waals surface area (Å²) < 4.78 is 2.42. The molecule has 2 N–H and O–H groups in total. The fraction of sp³-hybridized carbons (Fsp3) is 0. The number of aromatic nitrogens is 1. The van der Waals surface area contributed by atoms with Crippen LogP contribution in [0.2, 0.25) is 10.0 Å². The lowest BCUT2D eigenvalue weighted by atomic mass is 10.1. The first-order valence-electron chi connectivity index (χ1n) is 7.70. The van der Waals surface area contributed by atoms with Gasteiger partial charge in [-0.2, -0.15) is 5.23 Å². The first-order chi connectivity index (χ1) is 12.9. The van der Waals surface area contributed by atoms with Crippen molar-refractivity contribution in [1.29, 1.82) is 0 Å².